The summed E-state index contributed by atoms with van der Waals surface area (Å²) in [5.41, 5.74) is 6.88. The Morgan fingerprint density at radius 1 is 1.43 bits per heavy atom. The molecule has 0 fully saturated rings. The van der Waals surface area contributed by atoms with E-state index in [0.29, 0.717) is 10.0 Å². The number of nitrogens with two attached hydrogens (primary N) is 1. The molecule has 2 nitrogen and oxygen atoms in total. The molecule has 2 N–H and O–H groups in total. The molecular formula is C10H11Cl2NO. The highest BCUT2D eigenvalue weighted by Crippen LogP contribution is 2.42. The van der Waals surface area contributed by atoms with Crippen LogP contribution in [0.1, 0.15) is 24.9 Å². The van der Waals surface area contributed by atoms with Crippen LogP contribution in [0.15, 0.2) is 12.1 Å². The lowest BCUT2D eigenvalue weighted by atomic mass is 10.0. The molecule has 0 saturated heterocycles. The van der Waals surface area contributed by atoms with Gasteiger partial charge in [0.2, 0.25) is 0 Å². The van der Waals surface area contributed by atoms with Crippen LogP contribution >= 0.6 is 23.2 Å². The Labute approximate surface area is 92.9 Å². The fourth-order valence-electron chi connectivity index (χ4n) is 1.74. The van der Waals surface area contributed by atoms with Crippen LogP contribution in [0.2, 0.25) is 10.0 Å². The topological polar surface area (TPSA) is 35.2 Å². The van der Waals surface area contributed by atoms with Gasteiger partial charge in [0, 0.05) is 10.6 Å². The van der Waals surface area contributed by atoms with Crippen molar-refractivity contribution in [1.29, 1.82) is 0 Å². The fraction of sp³-hybridized carbons (Fsp3) is 0.400. The lowest BCUT2D eigenvalue weighted by Crippen LogP contribution is -2.24. The molecule has 0 aliphatic carbocycles. The Kier molecular flexibility index (Phi) is 2.60. The highest BCUT2D eigenvalue weighted by atomic mass is 35.5. The largest absolute Gasteiger partial charge is 0.488 e. The van der Waals surface area contributed by atoms with Crippen LogP contribution in [-0.4, -0.2) is 6.10 Å². The molecule has 0 bridgehead atoms. The number of hydrogen-bond acceptors (Lipinski definition) is 2. The maximum atomic E-state index is 6.05. The molecule has 14 heavy (non-hydrogen) atoms. The van der Waals surface area contributed by atoms with Crippen LogP contribution in [0.25, 0.3) is 0 Å². The van der Waals surface area contributed by atoms with Crippen LogP contribution in [0.4, 0.5) is 0 Å². The molecule has 0 amide bonds. The van der Waals surface area contributed by atoms with Crippen LogP contribution in [-0.2, 0) is 0 Å². The van der Waals surface area contributed by atoms with E-state index >= 15 is 0 Å². The van der Waals surface area contributed by atoms with E-state index in [9.17, 15) is 0 Å². The second kappa shape index (κ2) is 3.61. The Morgan fingerprint density at radius 3 is 2.79 bits per heavy atom. The van der Waals surface area contributed by atoms with Crippen LogP contribution < -0.4 is 10.5 Å². The summed E-state index contributed by atoms with van der Waals surface area (Å²) < 4.78 is 5.64. The summed E-state index contributed by atoms with van der Waals surface area (Å²) in [7, 11) is 0. The predicted octanol–water partition coefficient (Wildman–Crippen LogP) is 3.16. The highest BCUT2D eigenvalue weighted by molar-refractivity contribution is 6.35. The van der Waals surface area contributed by atoms with Crippen molar-refractivity contribution in [3.63, 3.8) is 0 Å². The Hall–Kier alpha value is -0.440. The van der Waals surface area contributed by atoms with Crippen molar-refractivity contribution in [1.82, 2.24) is 0 Å². The minimum atomic E-state index is -0.139. The first-order valence-corrected chi connectivity index (χ1v) is 5.30. The Morgan fingerprint density at radius 2 is 2.14 bits per heavy atom. The van der Waals surface area contributed by atoms with Crippen LogP contribution in [0, 0.1) is 0 Å². The fourth-order valence-corrected chi connectivity index (χ4v) is 2.34. The van der Waals surface area contributed by atoms with E-state index in [2.05, 4.69) is 0 Å². The number of hydrogen-bond donors (Lipinski definition) is 1. The van der Waals surface area contributed by atoms with E-state index in [-0.39, 0.29) is 12.1 Å². The van der Waals surface area contributed by atoms with Crippen molar-refractivity contribution >= 4 is 23.2 Å². The third-order valence-electron chi connectivity index (χ3n) is 2.47. The van der Waals surface area contributed by atoms with Gasteiger partial charge < -0.3 is 10.5 Å². The minimum Gasteiger partial charge on any atom is -0.488 e. The molecule has 0 saturated carbocycles. The third kappa shape index (κ3) is 1.48. The zero-order chi connectivity index (χ0) is 10.3. The van der Waals surface area contributed by atoms with Crippen molar-refractivity contribution in [2.24, 2.45) is 5.73 Å². The lowest BCUT2D eigenvalue weighted by Gasteiger charge is -2.12. The van der Waals surface area contributed by atoms with E-state index in [4.69, 9.17) is 33.7 Å². The van der Waals surface area contributed by atoms with E-state index in [1.807, 2.05) is 6.92 Å². The second-order valence-corrected chi connectivity index (χ2v) is 4.23. The summed E-state index contributed by atoms with van der Waals surface area (Å²) in [5.74, 6) is 0.724. The molecule has 1 heterocycles. The van der Waals surface area contributed by atoms with Gasteiger partial charge in [-0.05, 0) is 18.6 Å². The Bertz CT molecular complexity index is 367. The first-order valence-electron chi connectivity index (χ1n) is 4.54. The van der Waals surface area contributed by atoms with Gasteiger partial charge in [0.15, 0.2) is 0 Å². The summed E-state index contributed by atoms with van der Waals surface area (Å²) in [4.78, 5) is 0. The van der Waals surface area contributed by atoms with Crippen molar-refractivity contribution in [3.05, 3.63) is 27.7 Å². The molecule has 0 aromatic heterocycles. The summed E-state index contributed by atoms with van der Waals surface area (Å²) in [6.07, 6.45) is 0.880. The third-order valence-corrected chi connectivity index (χ3v) is 3.00. The average Bonchev–Trinajstić information content (AvgIpc) is 2.42. The summed E-state index contributed by atoms with van der Waals surface area (Å²) in [5, 5.41) is 1.17. The summed E-state index contributed by atoms with van der Waals surface area (Å²) in [6, 6.07) is 3.32. The van der Waals surface area contributed by atoms with Crippen molar-refractivity contribution < 1.29 is 4.74 Å². The molecule has 2 unspecified atom stereocenters. The number of halogens is 2. The quantitative estimate of drug-likeness (QED) is 0.807. The predicted molar refractivity (Wildman–Crippen MR) is 58.1 cm³/mol. The van der Waals surface area contributed by atoms with Gasteiger partial charge in [-0.15, -0.1) is 0 Å². The zero-order valence-corrected chi connectivity index (χ0v) is 9.27. The van der Waals surface area contributed by atoms with Gasteiger partial charge in [0.05, 0.1) is 11.1 Å². The summed E-state index contributed by atoms with van der Waals surface area (Å²) in [6.45, 7) is 2.03. The maximum absolute atomic E-state index is 6.05. The molecule has 1 aliphatic heterocycles. The molecule has 76 valence electrons. The average molecular weight is 232 g/mol. The first kappa shape index (κ1) is 10.1. The van der Waals surface area contributed by atoms with E-state index in [1.54, 1.807) is 12.1 Å². The zero-order valence-electron chi connectivity index (χ0n) is 7.76. The molecule has 0 spiro atoms. The van der Waals surface area contributed by atoms with Crippen LogP contribution in [0.5, 0.6) is 5.75 Å². The van der Waals surface area contributed by atoms with Gasteiger partial charge in [-0.25, -0.2) is 0 Å². The van der Waals surface area contributed by atoms with E-state index < -0.39 is 0 Å². The lowest BCUT2D eigenvalue weighted by molar-refractivity contribution is 0.202. The number of benzene rings is 1. The van der Waals surface area contributed by atoms with Gasteiger partial charge in [0.1, 0.15) is 11.9 Å². The minimum absolute atomic E-state index is 0.0148. The van der Waals surface area contributed by atoms with Crippen molar-refractivity contribution in [2.75, 3.05) is 0 Å². The van der Waals surface area contributed by atoms with Gasteiger partial charge in [-0.2, -0.15) is 0 Å². The molecule has 1 aromatic carbocycles. The maximum Gasteiger partial charge on any atom is 0.127 e. The van der Waals surface area contributed by atoms with Crippen molar-refractivity contribution in [3.8, 4) is 5.75 Å². The molecule has 2 rings (SSSR count). The monoisotopic (exact) mass is 231 g/mol. The molecule has 0 radical (unpaired) electrons. The van der Waals surface area contributed by atoms with Crippen molar-refractivity contribution in [2.45, 2.75) is 25.5 Å². The first-order chi connectivity index (χ1) is 6.63. The van der Waals surface area contributed by atoms with Gasteiger partial charge in [-0.3, -0.25) is 0 Å². The standard InChI is InChI=1S/C10H11Cl2NO/c1-2-7-10(13)9-6(12)3-5(11)4-8(9)14-7/h3-4,7,10H,2,13H2,1H3. The summed E-state index contributed by atoms with van der Waals surface area (Å²) >= 11 is 11.9. The number of fused-ring (bicyclic) bond motifs is 1. The number of rotatable bonds is 1. The second-order valence-electron chi connectivity index (χ2n) is 3.39. The van der Waals surface area contributed by atoms with E-state index in [0.717, 1.165) is 17.7 Å². The molecule has 4 heteroatoms. The Balaban J connectivity index is 2.48. The van der Waals surface area contributed by atoms with Gasteiger partial charge in [0.25, 0.3) is 0 Å². The van der Waals surface area contributed by atoms with Crippen LogP contribution in [0.3, 0.4) is 0 Å². The SMILES string of the molecule is CCC1Oc2cc(Cl)cc(Cl)c2C1N. The van der Waals surface area contributed by atoms with Gasteiger partial charge >= 0.3 is 0 Å². The smallest absolute Gasteiger partial charge is 0.127 e. The highest BCUT2D eigenvalue weighted by Gasteiger charge is 2.32. The molecule has 1 aromatic rings. The van der Waals surface area contributed by atoms with Gasteiger partial charge in [-0.1, -0.05) is 30.1 Å². The normalized spacial score (nSPS) is 24.6. The molecular weight excluding hydrogens is 221 g/mol. The molecule has 1 aliphatic rings. The van der Waals surface area contributed by atoms with E-state index in [1.165, 1.54) is 0 Å². The molecule has 2 atom stereocenters. The number of ether oxygens (including phenoxy) is 1.